The van der Waals surface area contributed by atoms with Gasteiger partial charge in [0.05, 0.1) is 11.7 Å². The quantitative estimate of drug-likeness (QED) is 0.686. The van der Waals surface area contributed by atoms with Gasteiger partial charge in [-0.25, -0.2) is 9.67 Å². The van der Waals surface area contributed by atoms with Gasteiger partial charge in [0, 0.05) is 25.2 Å². The number of carbonyl (C=O) groups is 1. The SMILES string of the molecule is Cc1nc2c(cnn2C(C)(C)C)c(=O)n1CCC(=O)N1CCCc2ccccc21. The molecule has 3 aromatic rings. The number of benzene rings is 1. The van der Waals surface area contributed by atoms with Crippen molar-refractivity contribution in [1.29, 1.82) is 0 Å². The molecular weight excluding hydrogens is 366 g/mol. The highest BCUT2D eigenvalue weighted by Gasteiger charge is 2.24. The molecule has 0 radical (unpaired) electrons. The van der Waals surface area contributed by atoms with Crippen molar-refractivity contribution < 1.29 is 4.79 Å². The summed E-state index contributed by atoms with van der Waals surface area (Å²) in [7, 11) is 0. The molecule has 3 heterocycles. The van der Waals surface area contributed by atoms with E-state index < -0.39 is 0 Å². The molecule has 0 saturated heterocycles. The molecule has 0 bridgehead atoms. The summed E-state index contributed by atoms with van der Waals surface area (Å²) >= 11 is 0. The number of rotatable bonds is 3. The van der Waals surface area contributed by atoms with Crippen molar-refractivity contribution in [3.8, 4) is 0 Å². The van der Waals surface area contributed by atoms with E-state index in [1.807, 2.05) is 50.8 Å². The lowest BCUT2D eigenvalue weighted by atomic mass is 10.0. The second-order valence-electron chi connectivity index (χ2n) is 8.61. The van der Waals surface area contributed by atoms with Gasteiger partial charge in [-0.3, -0.25) is 14.2 Å². The zero-order valence-corrected chi connectivity index (χ0v) is 17.5. The topological polar surface area (TPSA) is 73.0 Å². The molecule has 1 amide bonds. The van der Waals surface area contributed by atoms with Crippen molar-refractivity contribution in [2.75, 3.05) is 11.4 Å². The lowest BCUT2D eigenvalue weighted by molar-refractivity contribution is -0.118. The average molecular weight is 393 g/mol. The molecule has 29 heavy (non-hydrogen) atoms. The number of nitrogens with zero attached hydrogens (tertiary/aromatic N) is 5. The smallest absolute Gasteiger partial charge is 0.264 e. The summed E-state index contributed by atoms with van der Waals surface area (Å²) in [5.74, 6) is 0.634. The minimum Gasteiger partial charge on any atom is -0.312 e. The van der Waals surface area contributed by atoms with Gasteiger partial charge in [-0.1, -0.05) is 18.2 Å². The molecule has 0 saturated carbocycles. The molecule has 0 aliphatic carbocycles. The second-order valence-corrected chi connectivity index (χ2v) is 8.61. The molecule has 0 spiro atoms. The normalized spacial score (nSPS) is 14.3. The highest BCUT2D eigenvalue weighted by atomic mass is 16.2. The third-order valence-corrected chi connectivity index (χ3v) is 5.47. The van der Waals surface area contributed by atoms with E-state index in [1.54, 1.807) is 15.4 Å². The standard InChI is InChI=1S/C22H27N5O2/c1-15-24-20-17(14-23-27(20)22(2,3)4)21(29)25(15)13-11-19(28)26-12-7-9-16-8-5-6-10-18(16)26/h5-6,8,10,14H,7,9,11-13H2,1-4H3. The maximum absolute atomic E-state index is 13.0. The van der Waals surface area contributed by atoms with E-state index in [2.05, 4.69) is 16.1 Å². The van der Waals surface area contributed by atoms with Crippen LogP contribution in [0.4, 0.5) is 5.69 Å². The maximum Gasteiger partial charge on any atom is 0.264 e. The molecule has 152 valence electrons. The summed E-state index contributed by atoms with van der Waals surface area (Å²) in [6.07, 6.45) is 3.79. The first-order valence-electron chi connectivity index (χ1n) is 10.1. The fraction of sp³-hybridized carbons (Fsp3) is 0.455. The maximum atomic E-state index is 13.0. The first-order chi connectivity index (χ1) is 13.8. The molecule has 0 unspecified atom stereocenters. The predicted octanol–water partition coefficient (Wildman–Crippen LogP) is 3.03. The van der Waals surface area contributed by atoms with Crippen LogP contribution in [0.3, 0.4) is 0 Å². The van der Waals surface area contributed by atoms with Gasteiger partial charge in [-0.15, -0.1) is 0 Å². The van der Waals surface area contributed by atoms with Crippen LogP contribution in [0.5, 0.6) is 0 Å². The van der Waals surface area contributed by atoms with Crippen LogP contribution in [-0.2, 0) is 23.3 Å². The van der Waals surface area contributed by atoms with Crippen LogP contribution in [-0.4, -0.2) is 31.8 Å². The monoisotopic (exact) mass is 393 g/mol. The number of hydrogen-bond acceptors (Lipinski definition) is 4. The Hall–Kier alpha value is -2.96. The Bertz CT molecular complexity index is 1140. The van der Waals surface area contributed by atoms with Gasteiger partial charge in [-0.05, 0) is 52.2 Å². The van der Waals surface area contributed by atoms with Gasteiger partial charge in [0.15, 0.2) is 5.65 Å². The largest absolute Gasteiger partial charge is 0.312 e. The Morgan fingerprint density at radius 3 is 2.72 bits per heavy atom. The first-order valence-corrected chi connectivity index (χ1v) is 10.1. The molecule has 7 heteroatoms. The Kier molecular flexibility index (Phi) is 4.76. The summed E-state index contributed by atoms with van der Waals surface area (Å²) < 4.78 is 3.36. The van der Waals surface area contributed by atoms with Crippen molar-refractivity contribution in [3.05, 3.63) is 52.2 Å². The zero-order chi connectivity index (χ0) is 20.8. The molecule has 2 aromatic heterocycles. The minimum absolute atomic E-state index is 0.0360. The van der Waals surface area contributed by atoms with Crippen molar-refractivity contribution in [2.24, 2.45) is 0 Å². The van der Waals surface area contributed by atoms with Crippen LogP contribution in [0.15, 0.2) is 35.3 Å². The summed E-state index contributed by atoms with van der Waals surface area (Å²) in [5, 5.41) is 4.86. The lowest BCUT2D eigenvalue weighted by Crippen LogP contribution is -2.36. The fourth-order valence-corrected chi connectivity index (χ4v) is 4.00. The number of para-hydroxylation sites is 1. The highest BCUT2D eigenvalue weighted by Crippen LogP contribution is 2.27. The third-order valence-electron chi connectivity index (χ3n) is 5.47. The number of anilines is 1. The van der Waals surface area contributed by atoms with E-state index in [-0.39, 0.29) is 23.4 Å². The van der Waals surface area contributed by atoms with Gasteiger partial charge >= 0.3 is 0 Å². The predicted molar refractivity (Wildman–Crippen MR) is 113 cm³/mol. The fourth-order valence-electron chi connectivity index (χ4n) is 4.00. The van der Waals surface area contributed by atoms with Crippen LogP contribution >= 0.6 is 0 Å². The molecule has 1 aliphatic rings. The molecule has 0 N–H and O–H groups in total. The summed E-state index contributed by atoms with van der Waals surface area (Å²) in [5.41, 5.74) is 2.38. The molecule has 0 fully saturated rings. The van der Waals surface area contributed by atoms with Crippen molar-refractivity contribution >= 4 is 22.6 Å². The van der Waals surface area contributed by atoms with Crippen molar-refractivity contribution in [1.82, 2.24) is 19.3 Å². The van der Waals surface area contributed by atoms with E-state index in [4.69, 9.17) is 0 Å². The zero-order valence-electron chi connectivity index (χ0n) is 17.5. The van der Waals surface area contributed by atoms with Crippen LogP contribution in [0.1, 0.15) is 45.0 Å². The van der Waals surface area contributed by atoms with E-state index in [9.17, 15) is 9.59 Å². The van der Waals surface area contributed by atoms with Crippen molar-refractivity contribution in [3.63, 3.8) is 0 Å². The Morgan fingerprint density at radius 2 is 1.97 bits per heavy atom. The number of amides is 1. The molecule has 1 aromatic carbocycles. The number of aryl methyl sites for hydroxylation is 2. The Morgan fingerprint density at radius 1 is 1.21 bits per heavy atom. The highest BCUT2D eigenvalue weighted by molar-refractivity contribution is 5.94. The molecule has 7 nitrogen and oxygen atoms in total. The first kappa shape index (κ1) is 19.4. The van der Waals surface area contributed by atoms with Gasteiger partial charge in [0.25, 0.3) is 5.56 Å². The van der Waals surface area contributed by atoms with Gasteiger partial charge in [0.2, 0.25) is 5.91 Å². The molecule has 4 rings (SSSR count). The van der Waals surface area contributed by atoms with Crippen LogP contribution in [0.25, 0.3) is 11.0 Å². The number of carbonyl (C=O) groups excluding carboxylic acids is 1. The third kappa shape index (κ3) is 3.45. The molecule has 1 aliphatic heterocycles. The van der Waals surface area contributed by atoms with Crippen LogP contribution < -0.4 is 10.5 Å². The second kappa shape index (κ2) is 7.13. The van der Waals surface area contributed by atoms with Gasteiger partial charge < -0.3 is 4.90 Å². The molecular formula is C22H27N5O2. The van der Waals surface area contributed by atoms with Crippen LogP contribution in [0, 0.1) is 6.92 Å². The average Bonchev–Trinajstić information content (AvgIpc) is 3.11. The summed E-state index contributed by atoms with van der Waals surface area (Å²) in [6, 6.07) is 8.05. The lowest BCUT2D eigenvalue weighted by Gasteiger charge is -2.29. The summed E-state index contributed by atoms with van der Waals surface area (Å²) in [6.45, 7) is 8.91. The van der Waals surface area contributed by atoms with E-state index in [0.29, 0.717) is 23.4 Å². The van der Waals surface area contributed by atoms with Crippen molar-refractivity contribution in [2.45, 2.75) is 59.0 Å². The van der Waals surface area contributed by atoms with E-state index in [1.165, 1.54) is 5.56 Å². The minimum atomic E-state index is -0.266. The van der Waals surface area contributed by atoms with Crippen LogP contribution in [0.2, 0.25) is 0 Å². The summed E-state index contributed by atoms with van der Waals surface area (Å²) in [4.78, 5) is 32.4. The number of fused-ring (bicyclic) bond motifs is 2. The van der Waals surface area contributed by atoms with Gasteiger partial charge in [0.1, 0.15) is 11.2 Å². The number of hydrogen-bond donors (Lipinski definition) is 0. The Labute approximate surface area is 170 Å². The van der Waals surface area contributed by atoms with E-state index >= 15 is 0 Å². The molecule has 0 atom stereocenters. The number of aromatic nitrogens is 4. The van der Waals surface area contributed by atoms with E-state index in [0.717, 1.165) is 25.1 Å². The van der Waals surface area contributed by atoms with Gasteiger partial charge in [-0.2, -0.15) is 5.10 Å². The Balaban J connectivity index is 1.59.